The van der Waals surface area contributed by atoms with Gasteiger partial charge in [0.2, 0.25) is 0 Å². The zero-order chi connectivity index (χ0) is 18.9. The van der Waals surface area contributed by atoms with E-state index in [0.29, 0.717) is 31.1 Å². The van der Waals surface area contributed by atoms with Crippen molar-refractivity contribution in [3.05, 3.63) is 53.7 Å². The zero-order valence-corrected chi connectivity index (χ0v) is 15.4. The van der Waals surface area contributed by atoms with Gasteiger partial charge in [-0.05, 0) is 56.1 Å². The van der Waals surface area contributed by atoms with Crippen LogP contribution in [0.15, 0.2) is 42.6 Å². The third-order valence-corrected chi connectivity index (χ3v) is 5.61. The van der Waals surface area contributed by atoms with Gasteiger partial charge < -0.3 is 14.6 Å². The molecule has 27 heavy (non-hydrogen) atoms. The molecule has 0 radical (unpaired) electrons. The molecule has 4 rings (SSSR count). The molecule has 0 amide bonds. The van der Waals surface area contributed by atoms with Crippen molar-refractivity contribution in [1.29, 1.82) is 0 Å². The average molecular weight is 368 g/mol. The van der Waals surface area contributed by atoms with Gasteiger partial charge >= 0.3 is 5.97 Å². The maximum Gasteiger partial charge on any atom is 0.309 e. The lowest BCUT2D eigenvalue weighted by molar-refractivity contribution is -0.150. The molecule has 2 aromatic rings. The van der Waals surface area contributed by atoms with E-state index in [2.05, 4.69) is 34.1 Å². The molecule has 1 unspecified atom stereocenters. The van der Waals surface area contributed by atoms with Crippen molar-refractivity contribution < 1.29 is 19.4 Å². The number of nitrogens with zero attached hydrogens (tertiary/aromatic N) is 2. The van der Waals surface area contributed by atoms with Crippen LogP contribution in [-0.2, 0) is 11.3 Å². The van der Waals surface area contributed by atoms with Crippen LogP contribution < -0.4 is 9.47 Å². The van der Waals surface area contributed by atoms with Crippen molar-refractivity contribution >= 4 is 5.97 Å². The monoisotopic (exact) mass is 368 g/mol. The fourth-order valence-electron chi connectivity index (χ4n) is 3.59. The summed E-state index contributed by atoms with van der Waals surface area (Å²) in [5, 5.41) is 9.34. The summed E-state index contributed by atoms with van der Waals surface area (Å²) in [6.45, 7) is 4.78. The number of likely N-dealkylation sites (tertiary alicyclic amines) is 1. The SMILES string of the molecule is CC1(C(=O)O)CCN(Cc2ccc(C3COc4cccnc4O3)cc2)CC1. The van der Waals surface area contributed by atoms with Crippen molar-refractivity contribution in [3.63, 3.8) is 0 Å². The normalized spacial score (nSPS) is 21.6. The first kappa shape index (κ1) is 17.8. The van der Waals surface area contributed by atoms with Gasteiger partial charge in [-0.15, -0.1) is 0 Å². The first-order chi connectivity index (χ1) is 13.0. The lowest BCUT2D eigenvalue weighted by atomic mass is 9.80. The highest BCUT2D eigenvalue weighted by atomic mass is 16.6. The highest BCUT2D eigenvalue weighted by Crippen LogP contribution is 2.34. The lowest BCUT2D eigenvalue weighted by Crippen LogP contribution is -2.42. The Kier molecular flexibility index (Phi) is 4.74. The summed E-state index contributed by atoms with van der Waals surface area (Å²) in [5.74, 6) is 0.536. The van der Waals surface area contributed by atoms with Crippen LogP contribution in [0.1, 0.15) is 37.0 Å². The van der Waals surface area contributed by atoms with E-state index in [1.54, 1.807) is 6.20 Å². The van der Waals surface area contributed by atoms with Gasteiger partial charge in [0.15, 0.2) is 11.9 Å². The molecule has 3 heterocycles. The number of aliphatic carboxylic acids is 1. The topological polar surface area (TPSA) is 71.9 Å². The van der Waals surface area contributed by atoms with Crippen LogP contribution >= 0.6 is 0 Å². The molecule has 6 nitrogen and oxygen atoms in total. The van der Waals surface area contributed by atoms with Gasteiger partial charge in [0.25, 0.3) is 5.88 Å². The molecule has 1 atom stereocenters. The van der Waals surface area contributed by atoms with Gasteiger partial charge in [0, 0.05) is 12.7 Å². The van der Waals surface area contributed by atoms with E-state index in [9.17, 15) is 9.90 Å². The van der Waals surface area contributed by atoms with E-state index < -0.39 is 11.4 Å². The minimum absolute atomic E-state index is 0.160. The van der Waals surface area contributed by atoms with E-state index in [1.807, 2.05) is 19.1 Å². The highest BCUT2D eigenvalue weighted by molar-refractivity contribution is 5.74. The summed E-state index contributed by atoms with van der Waals surface area (Å²) in [7, 11) is 0. The van der Waals surface area contributed by atoms with Gasteiger partial charge in [-0.25, -0.2) is 4.98 Å². The second kappa shape index (κ2) is 7.19. The second-order valence-electron chi connectivity index (χ2n) is 7.61. The summed E-state index contributed by atoms with van der Waals surface area (Å²) in [6, 6.07) is 12.0. The second-order valence-corrected chi connectivity index (χ2v) is 7.61. The molecule has 1 fully saturated rings. The Hall–Kier alpha value is -2.60. The van der Waals surface area contributed by atoms with Gasteiger partial charge in [0.05, 0.1) is 5.41 Å². The highest BCUT2D eigenvalue weighted by Gasteiger charge is 2.36. The van der Waals surface area contributed by atoms with Crippen LogP contribution in [0.25, 0.3) is 0 Å². The minimum Gasteiger partial charge on any atom is -0.484 e. The number of carboxylic acid groups (broad SMARTS) is 1. The standard InChI is InChI=1S/C21H24N2O4/c1-21(20(24)25)8-11-23(12-9-21)13-15-4-6-16(7-5-15)18-14-26-17-3-2-10-22-19(17)27-18/h2-7,10,18H,8-9,11-14H2,1H3,(H,24,25). The molecule has 1 N–H and O–H groups in total. The first-order valence-corrected chi connectivity index (χ1v) is 9.33. The summed E-state index contributed by atoms with van der Waals surface area (Å²) in [4.78, 5) is 17.9. The van der Waals surface area contributed by atoms with Gasteiger partial charge in [-0.3, -0.25) is 9.69 Å². The van der Waals surface area contributed by atoms with E-state index in [4.69, 9.17) is 9.47 Å². The number of aromatic nitrogens is 1. The van der Waals surface area contributed by atoms with Crippen molar-refractivity contribution in [1.82, 2.24) is 9.88 Å². The molecule has 0 aliphatic carbocycles. The van der Waals surface area contributed by atoms with Gasteiger partial charge in [0.1, 0.15) is 6.61 Å². The molecule has 2 aliphatic rings. The Bertz CT molecular complexity index is 813. The molecule has 0 bridgehead atoms. The van der Waals surface area contributed by atoms with E-state index in [-0.39, 0.29) is 6.10 Å². The predicted molar refractivity (Wildman–Crippen MR) is 99.8 cm³/mol. The lowest BCUT2D eigenvalue weighted by Gasteiger charge is -2.36. The number of fused-ring (bicyclic) bond motifs is 1. The van der Waals surface area contributed by atoms with Crippen LogP contribution in [0.2, 0.25) is 0 Å². The smallest absolute Gasteiger partial charge is 0.309 e. The number of pyridine rings is 1. The van der Waals surface area contributed by atoms with Crippen LogP contribution in [-0.4, -0.2) is 40.7 Å². The number of piperidine rings is 1. The van der Waals surface area contributed by atoms with Gasteiger partial charge in [-0.1, -0.05) is 24.3 Å². The molecule has 1 saturated heterocycles. The Balaban J connectivity index is 1.36. The number of benzene rings is 1. The summed E-state index contributed by atoms with van der Waals surface area (Å²) >= 11 is 0. The Morgan fingerprint density at radius 2 is 2.00 bits per heavy atom. The fraction of sp³-hybridized carbons (Fsp3) is 0.429. The van der Waals surface area contributed by atoms with Crippen LogP contribution in [0, 0.1) is 5.41 Å². The third kappa shape index (κ3) is 3.76. The number of hydrogen-bond donors (Lipinski definition) is 1. The summed E-state index contributed by atoms with van der Waals surface area (Å²) in [6.07, 6.45) is 2.93. The molecule has 142 valence electrons. The molecular formula is C21H24N2O4. The van der Waals surface area contributed by atoms with Crippen LogP contribution in [0.3, 0.4) is 0 Å². The van der Waals surface area contributed by atoms with E-state index in [1.165, 1.54) is 5.56 Å². The number of carbonyl (C=O) groups is 1. The molecule has 1 aromatic carbocycles. The maximum atomic E-state index is 11.4. The number of ether oxygens (including phenoxy) is 2. The van der Waals surface area contributed by atoms with E-state index in [0.717, 1.165) is 25.2 Å². The third-order valence-electron chi connectivity index (χ3n) is 5.61. The summed E-state index contributed by atoms with van der Waals surface area (Å²) in [5.41, 5.74) is 1.70. The van der Waals surface area contributed by atoms with Crippen LogP contribution in [0.5, 0.6) is 11.6 Å². The fourth-order valence-corrected chi connectivity index (χ4v) is 3.59. The largest absolute Gasteiger partial charge is 0.484 e. The average Bonchev–Trinajstić information content (AvgIpc) is 2.70. The number of rotatable bonds is 4. The number of hydrogen-bond acceptors (Lipinski definition) is 5. The van der Waals surface area contributed by atoms with Gasteiger partial charge in [-0.2, -0.15) is 0 Å². The zero-order valence-electron chi connectivity index (χ0n) is 15.4. The Labute approximate surface area is 158 Å². The molecule has 0 saturated carbocycles. The van der Waals surface area contributed by atoms with Crippen molar-refractivity contribution in [2.75, 3.05) is 19.7 Å². The minimum atomic E-state index is -0.683. The van der Waals surface area contributed by atoms with E-state index >= 15 is 0 Å². The Morgan fingerprint density at radius 1 is 1.26 bits per heavy atom. The molecule has 1 aromatic heterocycles. The van der Waals surface area contributed by atoms with Crippen molar-refractivity contribution in [3.8, 4) is 11.6 Å². The van der Waals surface area contributed by atoms with Crippen molar-refractivity contribution in [2.24, 2.45) is 5.41 Å². The predicted octanol–water partition coefficient (Wildman–Crippen LogP) is 3.28. The molecule has 0 spiro atoms. The molecule has 6 heteroatoms. The van der Waals surface area contributed by atoms with Crippen LogP contribution in [0.4, 0.5) is 0 Å². The first-order valence-electron chi connectivity index (χ1n) is 9.33. The van der Waals surface area contributed by atoms with Crippen molar-refractivity contribution in [2.45, 2.75) is 32.4 Å². The quantitative estimate of drug-likeness (QED) is 0.893. The Morgan fingerprint density at radius 3 is 2.70 bits per heavy atom. The maximum absolute atomic E-state index is 11.4. The summed E-state index contributed by atoms with van der Waals surface area (Å²) < 4.78 is 11.7. The molecule has 2 aliphatic heterocycles. The molecular weight excluding hydrogens is 344 g/mol. The number of carboxylic acids is 1.